The monoisotopic (exact) mass is 306 g/mol. The summed E-state index contributed by atoms with van der Waals surface area (Å²) in [6.07, 6.45) is 3.29. The van der Waals surface area contributed by atoms with Gasteiger partial charge in [0.05, 0.1) is 0 Å². The maximum atomic E-state index is 12.2. The summed E-state index contributed by atoms with van der Waals surface area (Å²) in [5.74, 6) is 0.556. The van der Waals surface area contributed by atoms with Crippen LogP contribution in [0.5, 0.6) is 5.75 Å². The predicted octanol–water partition coefficient (Wildman–Crippen LogP) is 5.65. The summed E-state index contributed by atoms with van der Waals surface area (Å²) >= 11 is 0. The molecule has 0 atom stereocenters. The molecule has 2 nitrogen and oxygen atoms in total. The Hall–Kier alpha value is -2.35. The Morgan fingerprint density at radius 2 is 1.74 bits per heavy atom. The zero-order valence-corrected chi connectivity index (χ0v) is 13.8. The van der Waals surface area contributed by atoms with Crippen molar-refractivity contribution in [2.45, 2.75) is 39.5 Å². The highest BCUT2D eigenvalue weighted by atomic mass is 16.5. The van der Waals surface area contributed by atoms with Crippen LogP contribution in [-0.4, -0.2) is 5.97 Å². The molecule has 0 spiro atoms. The standard InChI is InChI=1S/C21H22O2/c1-3-5-10-20(22)23-21-18-9-7-6-8-16(18)14-17-12-11-15(4-2)13-19(17)21/h6-9,11-14H,3-5,10H2,1-2H3. The van der Waals surface area contributed by atoms with E-state index in [9.17, 15) is 4.79 Å². The van der Waals surface area contributed by atoms with Gasteiger partial charge in [-0.1, -0.05) is 56.7 Å². The Morgan fingerprint density at radius 3 is 2.52 bits per heavy atom. The van der Waals surface area contributed by atoms with E-state index in [1.165, 1.54) is 5.56 Å². The van der Waals surface area contributed by atoms with E-state index >= 15 is 0 Å². The molecule has 0 aromatic heterocycles. The molecule has 3 rings (SSSR count). The van der Waals surface area contributed by atoms with Gasteiger partial charge in [0.2, 0.25) is 0 Å². The lowest BCUT2D eigenvalue weighted by molar-refractivity contribution is -0.134. The number of aryl methyl sites for hydroxylation is 1. The molecule has 0 aliphatic heterocycles. The summed E-state index contributed by atoms with van der Waals surface area (Å²) in [5.41, 5.74) is 1.25. The Balaban J connectivity index is 2.17. The van der Waals surface area contributed by atoms with Crippen LogP contribution in [0.1, 0.15) is 38.7 Å². The second kappa shape index (κ2) is 6.82. The first-order valence-electron chi connectivity index (χ1n) is 8.38. The molecule has 0 aliphatic rings. The van der Waals surface area contributed by atoms with Crippen LogP contribution < -0.4 is 4.74 Å². The van der Waals surface area contributed by atoms with Crippen LogP contribution in [0.25, 0.3) is 21.5 Å². The summed E-state index contributed by atoms with van der Waals surface area (Å²) in [7, 11) is 0. The van der Waals surface area contributed by atoms with Gasteiger partial charge in [0.25, 0.3) is 0 Å². The molecule has 0 bridgehead atoms. The first kappa shape index (κ1) is 15.5. The fourth-order valence-electron chi connectivity index (χ4n) is 2.88. The zero-order valence-electron chi connectivity index (χ0n) is 13.8. The number of rotatable bonds is 5. The van der Waals surface area contributed by atoms with Crippen molar-refractivity contribution >= 4 is 27.5 Å². The molecule has 0 saturated heterocycles. The number of carbonyl (C=O) groups excluding carboxylic acids is 1. The number of fused-ring (bicyclic) bond motifs is 2. The minimum Gasteiger partial charge on any atom is -0.425 e. The number of unbranched alkanes of at least 4 members (excludes halogenated alkanes) is 1. The third kappa shape index (κ3) is 3.21. The van der Waals surface area contributed by atoms with Gasteiger partial charge < -0.3 is 4.74 Å². The molecule has 0 N–H and O–H groups in total. The number of ether oxygens (including phenoxy) is 1. The number of esters is 1. The first-order chi connectivity index (χ1) is 11.2. The van der Waals surface area contributed by atoms with Gasteiger partial charge in [-0.25, -0.2) is 0 Å². The quantitative estimate of drug-likeness (QED) is 0.346. The largest absolute Gasteiger partial charge is 0.425 e. The zero-order chi connectivity index (χ0) is 16.2. The van der Waals surface area contributed by atoms with E-state index in [-0.39, 0.29) is 5.97 Å². The summed E-state index contributed by atoms with van der Waals surface area (Å²) in [6, 6.07) is 16.6. The van der Waals surface area contributed by atoms with E-state index in [2.05, 4.69) is 44.2 Å². The second-order valence-electron chi connectivity index (χ2n) is 5.91. The van der Waals surface area contributed by atoms with Gasteiger partial charge in [0.15, 0.2) is 0 Å². The Morgan fingerprint density at radius 1 is 0.957 bits per heavy atom. The van der Waals surface area contributed by atoms with Gasteiger partial charge in [-0.05, 0) is 41.3 Å². The lowest BCUT2D eigenvalue weighted by atomic mass is 9.99. The van der Waals surface area contributed by atoms with E-state index in [1.54, 1.807) is 0 Å². The van der Waals surface area contributed by atoms with Crippen molar-refractivity contribution in [3.63, 3.8) is 0 Å². The second-order valence-corrected chi connectivity index (χ2v) is 5.91. The van der Waals surface area contributed by atoms with Crippen LogP contribution in [0.2, 0.25) is 0 Å². The van der Waals surface area contributed by atoms with E-state index < -0.39 is 0 Å². The van der Waals surface area contributed by atoms with Crippen LogP contribution in [0.4, 0.5) is 0 Å². The van der Waals surface area contributed by atoms with Crippen molar-refractivity contribution in [1.29, 1.82) is 0 Å². The third-order valence-corrected chi connectivity index (χ3v) is 4.24. The first-order valence-corrected chi connectivity index (χ1v) is 8.38. The molecule has 0 radical (unpaired) electrons. The number of hydrogen-bond acceptors (Lipinski definition) is 2. The smallest absolute Gasteiger partial charge is 0.311 e. The van der Waals surface area contributed by atoms with Crippen molar-refractivity contribution in [2.24, 2.45) is 0 Å². The lowest BCUT2D eigenvalue weighted by Gasteiger charge is -2.13. The van der Waals surface area contributed by atoms with Crippen molar-refractivity contribution in [2.75, 3.05) is 0 Å². The van der Waals surface area contributed by atoms with Crippen LogP contribution in [-0.2, 0) is 11.2 Å². The molecular formula is C21H22O2. The van der Waals surface area contributed by atoms with Crippen molar-refractivity contribution in [3.8, 4) is 5.75 Å². The van der Waals surface area contributed by atoms with Crippen LogP contribution >= 0.6 is 0 Å². The molecule has 3 aromatic rings. The predicted molar refractivity (Wildman–Crippen MR) is 96.0 cm³/mol. The number of benzene rings is 3. The van der Waals surface area contributed by atoms with Gasteiger partial charge in [-0.3, -0.25) is 4.79 Å². The topological polar surface area (TPSA) is 26.3 Å². The highest BCUT2D eigenvalue weighted by Gasteiger charge is 2.13. The minimum atomic E-state index is -0.147. The Labute approximate surface area is 137 Å². The lowest BCUT2D eigenvalue weighted by Crippen LogP contribution is -2.08. The summed E-state index contributed by atoms with van der Waals surface area (Å²) in [6.45, 7) is 4.21. The van der Waals surface area contributed by atoms with Crippen molar-refractivity contribution in [3.05, 3.63) is 54.1 Å². The SMILES string of the molecule is CCCCC(=O)Oc1c2ccccc2cc2ccc(CC)cc12. The molecule has 118 valence electrons. The molecule has 0 aliphatic carbocycles. The number of carbonyl (C=O) groups is 1. The molecule has 2 heteroatoms. The average molecular weight is 306 g/mol. The fraction of sp³-hybridized carbons (Fsp3) is 0.286. The van der Waals surface area contributed by atoms with Crippen molar-refractivity contribution in [1.82, 2.24) is 0 Å². The van der Waals surface area contributed by atoms with E-state index in [0.29, 0.717) is 12.2 Å². The molecular weight excluding hydrogens is 284 g/mol. The normalized spacial score (nSPS) is 11.0. The van der Waals surface area contributed by atoms with E-state index in [0.717, 1.165) is 40.8 Å². The van der Waals surface area contributed by atoms with E-state index in [4.69, 9.17) is 4.74 Å². The maximum Gasteiger partial charge on any atom is 0.311 e. The van der Waals surface area contributed by atoms with Crippen LogP contribution in [0.3, 0.4) is 0 Å². The molecule has 0 amide bonds. The minimum absolute atomic E-state index is 0.147. The summed E-state index contributed by atoms with van der Waals surface area (Å²) in [4.78, 5) is 12.2. The molecule has 0 fully saturated rings. The Kier molecular flexibility index (Phi) is 4.61. The van der Waals surface area contributed by atoms with Crippen LogP contribution in [0, 0.1) is 0 Å². The maximum absolute atomic E-state index is 12.2. The molecule has 3 aromatic carbocycles. The van der Waals surface area contributed by atoms with Gasteiger partial charge in [0.1, 0.15) is 5.75 Å². The fourth-order valence-corrected chi connectivity index (χ4v) is 2.88. The van der Waals surface area contributed by atoms with Crippen LogP contribution in [0.15, 0.2) is 48.5 Å². The molecule has 0 unspecified atom stereocenters. The molecule has 0 saturated carbocycles. The van der Waals surface area contributed by atoms with Gasteiger partial charge in [0, 0.05) is 17.2 Å². The molecule has 0 heterocycles. The van der Waals surface area contributed by atoms with Gasteiger partial charge in [-0.2, -0.15) is 0 Å². The summed E-state index contributed by atoms with van der Waals surface area (Å²) in [5, 5.41) is 4.23. The van der Waals surface area contributed by atoms with Crippen molar-refractivity contribution < 1.29 is 9.53 Å². The Bertz CT molecular complexity index is 849. The average Bonchev–Trinajstić information content (AvgIpc) is 2.59. The van der Waals surface area contributed by atoms with E-state index in [1.807, 2.05) is 18.2 Å². The van der Waals surface area contributed by atoms with Gasteiger partial charge in [-0.15, -0.1) is 0 Å². The van der Waals surface area contributed by atoms with Gasteiger partial charge >= 0.3 is 5.97 Å². The summed E-state index contributed by atoms with van der Waals surface area (Å²) < 4.78 is 5.80. The highest BCUT2D eigenvalue weighted by Crippen LogP contribution is 2.35. The highest BCUT2D eigenvalue weighted by molar-refractivity contribution is 6.06. The third-order valence-electron chi connectivity index (χ3n) is 4.24. The number of hydrogen-bond donors (Lipinski definition) is 0. The molecule has 23 heavy (non-hydrogen) atoms.